The molecule has 2 saturated heterocycles. The molecule has 2 fully saturated rings. The molecule has 0 radical (unpaired) electrons. The van der Waals surface area contributed by atoms with Crippen molar-refractivity contribution < 1.29 is 14.3 Å². The van der Waals surface area contributed by atoms with Crippen molar-refractivity contribution in [3.63, 3.8) is 0 Å². The van der Waals surface area contributed by atoms with E-state index in [4.69, 9.17) is 21.7 Å². The van der Waals surface area contributed by atoms with Crippen LogP contribution in [-0.2, 0) is 17.9 Å². The maximum Gasteiger partial charge on any atom is 0.270 e. The lowest BCUT2D eigenvalue weighted by atomic mass is 10.0. The van der Waals surface area contributed by atoms with Crippen LogP contribution in [0, 0.1) is 18.3 Å². The van der Waals surface area contributed by atoms with Gasteiger partial charge in [0.2, 0.25) is 6.79 Å². The van der Waals surface area contributed by atoms with Crippen molar-refractivity contribution >= 4 is 46.1 Å². The number of benzene rings is 1. The first-order valence-corrected chi connectivity index (χ1v) is 14.9. The third-order valence-corrected chi connectivity index (χ3v) is 9.01. The molecule has 1 aromatic carbocycles. The number of ether oxygens (including phenoxy) is 2. The number of rotatable bonds is 8. The summed E-state index contributed by atoms with van der Waals surface area (Å²) in [4.78, 5) is 33.8. The summed E-state index contributed by atoms with van der Waals surface area (Å²) >= 11 is 6.87. The van der Waals surface area contributed by atoms with Gasteiger partial charge >= 0.3 is 0 Å². The molecule has 0 aliphatic carbocycles. The predicted molar refractivity (Wildman–Crippen MR) is 161 cm³/mol. The molecule has 0 saturated carbocycles. The number of nitrogens with zero attached hydrogens (tertiary/aromatic N) is 5. The van der Waals surface area contributed by atoms with Crippen molar-refractivity contribution in [2.75, 3.05) is 44.4 Å². The van der Waals surface area contributed by atoms with E-state index in [2.05, 4.69) is 29.7 Å². The van der Waals surface area contributed by atoms with Gasteiger partial charge in [-0.3, -0.25) is 19.1 Å². The van der Waals surface area contributed by atoms with Gasteiger partial charge in [-0.05, 0) is 49.2 Å². The van der Waals surface area contributed by atoms with Gasteiger partial charge in [-0.25, -0.2) is 0 Å². The Kier molecular flexibility index (Phi) is 8.49. The minimum atomic E-state index is -0.270. The molecule has 11 heteroatoms. The Bertz CT molecular complexity index is 1470. The molecule has 0 N–H and O–H groups in total. The number of pyridine rings is 1. The number of nitriles is 1. The predicted octanol–water partition coefficient (Wildman–Crippen LogP) is 4.10. The Morgan fingerprint density at radius 3 is 2.58 bits per heavy atom. The second-order valence-corrected chi connectivity index (χ2v) is 11.7. The normalized spacial score (nSPS) is 18.2. The Morgan fingerprint density at radius 2 is 1.88 bits per heavy atom. The number of piperazine rings is 1. The average Bonchev–Trinajstić information content (AvgIpc) is 3.53. The van der Waals surface area contributed by atoms with Gasteiger partial charge in [0.25, 0.3) is 11.5 Å². The average molecular weight is 580 g/mol. The van der Waals surface area contributed by atoms with Crippen LogP contribution in [-0.4, -0.2) is 64.1 Å². The minimum absolute atomic E-state index is 0.120. The molecule has 0 unspecified atom stereocenters. The van der Waals surface area contributed by atoms with Crippen molar-refractivity contribution in [2.45, 2.75) is 46.7 Å². The Balaban J connectivity index is 1.54. The molecule has 4 heterocycles. The van der Waals surface area contributed by atoms with Gasteiger partial charge in [-0.15, -0.1) is 0 Å². The van der Waals surface area contributed by atoms with Crippen LogP contribution < -0.4 is 19.9 Å². The zero-order valence-corrected chi connectivity index (χ0v) is 24.7. The molecule has 40 heavy (non-hydrogen) atoms. The van der Waals surface area contributed by atoms with Crippen molar-refractivity contribution in [2.24, 2.45) is 0 Å². The van der Waals surface area contributed by atoms with E-state index >= 15 is 0 Å². The first kappa shape index (κ1) is 28.2. The summed E-state index contributed by atoms with van der Waals surface area (Å²) in [6.07, 6.45) is 3.56. The number of thiocarbonyl (C=S) groups is 1. The fourth-order valence-electron chi connectivity index (χ4n) is 5.27. The van der Waals surface area contributed by atoms with Crippen LogP contribution in [0.15, 0.2) is 27.9 Å². The molecule has 0 spiro atoms. The van der Waals surface area contributed by atoms with Crippen LogP contribution in [0.1, 0.15) is 48.9 Å². The number of aromatic nitrogens is 1. The number of thioether (sulfide) groups is 1. The van der Waals surface area contributed by atoms with Crippen molar-refractivity contribution in [3.05, 3.63) is 55.7 Å². The smallest absolute Gasteiger partial charge is 0.270 e. The van der Waals surface area contributed by atoms with E-state index in [1.807, 2.05) is 24.3 Å². The summed E-state index contributed by atoms with van der Waals surface area (Å²) < 4.78 is 13.1. The van der Waals surface area contributed by atoms with Crippen molar-refractivity contribution in [3.8, 4) is 17.6 Å². The lowest BCUT2D eigenvalue weighted by Gasteiger charge is -2.37. The molecular formula is C29H33N5O4S2. The molecule has 210 valence electrons. The quantitative estimate of drug-likeness (QED) is 0.339. The van der Waals surface area contributed by atoms with Gasteiger partial charge < -0.3 is 19.3 Å². The van der Waals surface area contributed by atoms with Crippen molar-refractivity contribution in [1.82, 2.24) is 14.4 Å². The van der Waals surface area contributed by atoms with E-state index in [1.165, 1.54) is 11.8 Å². The van der Waals surface area contributed by atoms with E-state index in [0.717, 1.165) is 62.5 Å². The molecule has 1 aromatic heterocycles. The summed E-state index contributed by atoms with van der Waals surface area (Å²) in [5.74, 6) is 1.92. The number of carbonyl (C=O) groups excluding carboxylic acids is 1. The lowest BCUT2D eigenvalue weighted by Crippen LogP contribution is -2.48. The third kappa shape index (κ3) is 5.36. The third-order valence-electron chi connectivity index (χ3n) is 7.63. The Hall–Kier alpha value is -3.33. The number of fused-ring (bicyclic) bond motifs is 1. The second kappa shape index (κ2) is 12.0. The number of likely N-dealkylation sites (N-methyl/N-ethyl adjacent to an activating group) is 1. The van der Waals surface area contributed by atoms with Gasteiger partial charge in [-0.1, -0.05) is 50.3 Å². The molecule has 3 aliphatic heterocycles. The summed E-state index contributed by atoms with van der Waals surface area (Å²) in [6.45, 7) is 11.3. The first-order chi connectivity index (χ1) is 19.4. The summed E-state index contributed by atoms with van der Waals surface area (Å²) in [7, 11) is 0. The highest BCUT2D eigenvalue weighted by Gasteiger charge is 2.34. The van der Waals surface area contributed by atoms with E-state index < -0.39 is 0 Å². The van der Waals surface area contributed by atoms with Gasteiger partial charge in [-0.2, -0.15) is 5.26 Å². The SMILES string of the molecule is CCCCn1c(N2CCN(CC)CC2)c(C=C2SC(=S)N(Cc3ccc4c(c3)OCO4)C2=O)c(C)c(C#N)c1=O. The zero-order chi connectivity index (χ0) is 28.4. The largest absolute Gasteiger partial charge is 0.454 e. The standard InChI is InChI=1S/C29H33N5O4S2/c1-4-6-9-33-26(32-12-10-31(5-2)11-13-32)21(19(3)22(16-30)27(33)35)15-25-28(36)34(29(39)40-25)17-20-7-8-23-24(14-20)38-18-37-23/h7-8,14-15H,4-6,9-13,17-18H2,1-3H3. The minimum Gasteiger partial charge on any atom is -0.454 e. The number of hydrogen-bond acceptors (Lipinski definition) is 9. The fourth-order valence-corrected chi connectivity index (χ4v) is 6.51. The number of carbonyl (C=O) groups is 1. The van der Waals surface area contributed by atoms with Crippen LogP contribution in [0.4, 0.5) is 5.82 Å². The van der Waals surface area contributed by atoms with E-state index in [-0.39, 0.29) is 23.8 Å². The summed E-state index contributed by atoms with van der Waals surface area (Å²) in [6, 6.07) is 7.74. The van der Waals surface area contributed by atoms with Crippen LogP contribution in [0.5, 0.6) is 11.5 Å². The van der Waals surface area contributed by atoms with Crippen LogP contribution in [0.3, 0.4) is 0 Å². The van der Waals surface area contributed by atoms with Gasteiger partial charge in [0.05, 0.1) is 11.4 Å². The zero-order valence-electron chi connectivity index (χ0n) is 23.1. The highest BCUT2D eigenvalue weighted by Crippen LogP contribution is 2.38. The maximum absolute atomic E-state index is 13.7. The van der Waals surface area contributed by atoms with E-state index in [1.54, 1.807) is 16.4 Å². The first-order valence-electron chi connectivity index (χ1n) is 13.6. The molecule has 9 nitrogen and oxygen atoms in total. The lowest BCUT2D eigenvalue weighted by molar-refractivity contribution is -0.122. The topological polar surface area (TPSA) is 91.0 Å². The Labute approximate surface area is 243 Å². The number of amides is 1. The van der Waals surface area contributed by atoms with Gasteiger partial charge in [0.15, 0.2) is 11.5 Å². The molecule has 1 amide bonds. The van der Waals surface area contributed by atoms with Crippen LogP contribution in [0.2, 0.25) is 0 Å². The molecular weight excluding hydrogens is 546 g/mol. The van der Waals surface area contributed by atoms with E-state index in [0.29, 0.717) is 39.4 Å². The second-order valence-electron chi connectivity index (χ2n) is 10.0. The number of anilines is 1. The van der Waals surface area contributed by atoms with Crippen molar-refractivity contribution in [1.29, 1.82) is 5.26 Å². The molecule has 0 atom stereocenters. The maximum atomic E-state index is 13.7. The van der Waals surface area contributed by atoms with E-state index in [9.17, 15) is 14.9 Å². The molecule has 3 aliphatic rings. The van der Waals surface area contributed by atoms with Crippen LogP contribution in [0.25, 0.3) is 6.08 Å². The molecule has 0 bridgehead atoms. The number of unbranched alkanes of at least 4 members (excludes halogenated alkanes) is 1. The van der Waals surface area contributed by atoms with Crippen LogP contribution >= 0.6 is 24.0 Å². The summed E-state index contributed by atoms with van der Waals surface area (Å²) in [5.41, 5.74) is 2.06. The highest BCUT2D eigenvalue weighted by atomic mass is 32.2. The Morgan fingerprint density at radius 1 is 1.12 bits per heavy atom. The summed E-state index contributed by atoms with van der Waals surface area (Å²) in [5, 5.41) is 9.94. The van der Waals surface area contributed by atoms with Gasteiger partial charge in [0.1, 0.15) is 21.8 Å². The molecule has 5 rings (SSSR count). The monoisotopic (exact) mass is 579 g/mol. The number of hydrogen-bond donors (Lipinski definition) is 0. The highest BCUT2D eigenvalue weighted by molar-refractivity contribution is 8.26. The molecule has 2 aromatic rings. The van der Waals surface area contributed by atoms with Gasteiger partial charge in [0, 0.05) is 38.3 Å². The fraction of sp³-hybridized carbons (Fsp3) is 0.448.